The van der Waals surface area contributed by atoms with Crippen molar-refractivity contribution >= 4 is 11.8 Å². The molecule has 1 heterocycles. The Kier molecular flexibility index (Phi) is 5.50. The van der Waals surface area contributed by atoms with Crippen molar-refractivity contribution in [3.63, 3.8) is 0 Å². The third-order valence-corrected chi connectivity index (χ3v) is 4.91. The van der Waals surface area contributed by atoms with Crippen LogP contribution < -0.4 is 5.32 Å². The number of aryl methyl sites for hydroxylation is 1. The van der Waals surface area contributed by atoms with Gasteiger partial charge in [0.2, 0.25) is 5.89 Å². The van der Waals surface area contributed by atoms with E-state index in [0.29, 0.717) is 6.04 Å². The van der Waals surface area contributed by atoms with Crippen LogP contribution in [-0.2, 0) is 12.2 Å². The van der Waals surface area contributed by atoms with E-state index in [0.717, 1.165) is 35.6 Å². The van der Waals surface area contributed by atoms with Crippen LogP contribution in [0.1, 0.15) is 50.7 Å². The largest absolute Gasteiger partial charge is 0.339 e. The average Bonchev–Trinajstić information content (AvgIpc) is 3.04. The monoisotopic (exact) mass is 269 g/mol. The molecule has 0 spiro atoms. The molecule has 102 valence electrons. The highest BCUT2D eigenvalue weighted by atomic mass is 32.2. The lowest BCUT2D eigenvalue weighted by molar-refractivity contribution is 0.365. The number of hydrogen-bond donors (Lipinski definition) is 1. The van der Waals surface area contributed by atoms with E-state index in [1.807, 2.05) is 18.8 Å². The van der Waals surface area contributed by atoms with Gasteiger partial charge in [-0.25, -0.2) is 0 Å². The van der Waals surface area contributed by atoms with Crippen molar-refractivity contribution in [1.82, 2.24) is 15.5 Å². The first kappa shape index (κ1) is 13.9. The van der Waals surface area contributed by atoms with E-state index in [1.165, 1.54) is 25.7 Å². The van der Waals surface area contributed by atoms with Gasteiger partial charge >= 0.3 is 0 Å². The lowest BCUT2D eigenvalue weighted by Gasteiger charge is -2.06. The van der Waals surface area contributed by atoms with Crippen LogP contribution in [-0.4, -0.2) is 28.5 Å². The lowest BCUT2D eigenvalue weighted by atomic mass is 10.2. The summed E-state index contributed by atoms with van der Waals surface area (Å²) >= 11 is 1.98. The van der Waals surface area contributed by atoms with Crippen LogP contribution in [0.2, 0.25) is 0 Å². The van der Waals surface area contributed by atoms with Crippen LogP contribution in [0, 0.1) is 0 Å². The second-order valence-electron chi connectivity index (χ2n) is 5.05. The molecule has 0 radical (unpaired) electrons. The minimum absolute atomic E-state index is 0.494. The molecule has 1 aliphatic rings. The van der Waals surface area contributed by atoms with E-state index in [9.17, 15) is 0 Å². The van der Waals surface area contributed by atoms with Gasteiger partial charge in [-0.3, -0.25) is 0 Å². The van der Waals surface area contributed by atoms with Gasteiger partial charge in [-0.1, -0.05) is 18.0 Å². The predicted molar refractivity (Wildman–Crippen MR) is 74.7 cm³/mol. The third-order valence-electron chi connectivity index (χ3n) is 3.54. The van der Waals surface area contributed by atoms with Crippen molar-refractivity contribution in [3.05, 3.63) is 11.7 Å². The topological polar surface area (TPSA) is 51.0 Å². The highest BCUT2D eigenvalue weighted by Gasteiger charge is 2.16. The molecule has 1 aromatic rings. The van der Waals surface area contributed by atoms with Gasteiger partial charge in [0, 0.05) is 17.7 Å². The number of hydrogen-bond acceptors (Lipinski definition) is 5. The van der Waals surface area contributed by atoms with Gasteiger partial charge in [0.15, 0.2) is 5.82 Å². The minimum atomic E-state index is 0.494. The third kappa shape index (κ3) is 4.28. The van der Waals surface area contributed by atoms with Crippen LogP contribution in [0.15, 0.2) is 4.52 Å². The molecule has 1 aromatic heterocycles. The van der Waals surface area contributed by atoms with Gasteiger partial charge in [-0.05, 0) is 33.2 Å². The Labute approximate surface area is 113 Å². The Bertz CT molecular complexity index is 350. The summed E-state index contributed by atoms with van der Waals surface area (Å²) in [4.78, 5) is 4.45. The molecular formula is C13H23N3OS. The van der Waals surface area contributed by atoms with Crippen molar-refractivity contribution in [2.45, 2.75) is 62.5 Å². The van der Waals surface area contributed by atoms with Gasteiger partial charge in [-0.2, -0.15) is 16.7 Å². The molecule has 0 bridgehead atoms. The smallest absolute Gasteiger partial charge is 0.226 e. The van der Waals surface area contributed by atoms with E-state index in [4.69, 9.17) is 4.52 Å². The van der Waals surface area contributed by atoms with Crippen LogP contribution >= 0.6 is 11.8 Å². The Morgan fingerprint density at radius 1 is 1.44 bits per heavy atom. The maximum absolute atomic E-state index is 5.27. The summed E-state index contributed by atoms with van der Waals surface area (Å²) in [6.07, 6.45) is 7.38. The van der Waals surface area contributed by atoms with Crippen LogP contribution in [0.4, 0.5) is 0 Å². The van der Waals surface area contributed by atoms with E-state index in [2.05, 4.69) is 22.4 Å². The van der Waals surface area contributed by atoms with Gasteiger partial charge in [0.25, 0.3) is 0 Å². The number of aromatic nitrogens is 2. The van der Waals surface area contributed by atoms with Crippen LogP contribution in [0.3, 0.4) is 0 Å². The molecular weight excluding hydrogens is 246 g/mol. The molecule has 4 nitrogen and oxygen atoms in total. The minimum Gasteiger partial charge on any atom is -0.339 e. The molecule has 2 rings (SSSR count). The molecule has 0 aliphatic heterocycles. The first-order valence-electron chi connectivity index (χ1n) is 6.88. The number of nitrogens with zero attached hydrogens (tertiary/aromatic N) is 2. The van der Waals surface area contributed by atoms with Gasteiger partial charge in [-0.15, -0.1) is 0 Å². The molecule has 1 atom stereocenters. The number of thioether (sulfide) groups is 1. The van der Waals surface area contributed by atoms with Gasteiger partial charge in [0.1, 0.15) is 0 Å². The number of rotatable bonds is 7. The van der Waals surface area contributed by atoms with E-state index in [-0.39, 0.29) is 0 Å². The first-order chi connectivity index (χ1) is 8.78. The standard InChI is InChI=1S/C13H23N3OS/c1-10(14-2)7-8-13-15-12(16-17-13)9-18-11-5-3-4-6-11/h10-11,14H,3-9H2,1-2H3. The zero-order valence-electron chi connectivity index (χ0n) is 11.3. The Morgan fingerprint density at radius 3 is 2.94 bits per heavy atom. The number of nitrogens with one attached hydrogen (secondary N) is 1. The molecule has 0 aromatic carbocycles. The van der Waals surface area contributed by atoms with Crippen molar-refractivity contribution in [1.29, 1.82) is 0 Å². The lowest BCUT2D eigenvalue weighted by Crippen LogP contribution is -2.21. The quantitative estimate of drug-likeness (QED) is 0.825. The summed E-state index contributed by atoms with van der Waals surface area (Å²) in [5.74, 6) is 2.54. The summed E-state index contributed by atoms with van der Waals surface area (Å²) < 4.78 is 5.27. The maximum atomic E-state index is 5.27. The summed E-state index contributed by atoms with van der Waals surface area (Å²) in [7, 11) is 1.97. The zero-order valence-corrected chi connectivity index (χ0v) is 12.1. The fourth-order valence-corrected chi connectivity index (χ4v) is 3.35. The molecule has 0 saturated heterocycles. The van der Waals surface area contributed by atoms with Gasteiger partial charge < -0.3 is 9.84 Å². The Balaban J connectivity index is 1.71. The molecule has 0 amide bonds. The zero-order chi connectivity index (χ0) is 12.8. The van der Waals surface area contributed by atoms with Gasteiger partial charge in [0.05, 0.1) is 5.75 Å². The van der Waals surface area contributed by atoms with Crippen molar-refractivity contribution in [2.75, 3.05) is 7.05 Å². The molecule has 5 heteroatoms. The normalized spacial score (nSPS) is 18.3. The predicted octanol–water partition coefficient (Wildman–Crippen LogP) is 2.79. The molecule has 1 saturated carbocycles. The Hall–Kier alpha value is -0.550. The van der Waals surface area contributed by atoms with E-state index < -0.39 is 0 Å². The van der Waals surface area contributed by atoms with Crippen molar-refractivity contribution in [3.8, 4) is 0 Å². The van der Waals surface area contributed by atoms with Crippen LogP contribution in [0.5, 0.6) is 0 Å². The van der Waals surface area contributed by atoms with Crippen LogP contribution in [0.25, 0.3) is 0 Å². The second kappa shape index (κ2) is 7.14. The van der Waals surface area contributed by atoms with Crippen molar-refractivity contribution < 1.29 is 4.52 Å². The average molecular weight is 269 g/mol. The Morgan fingerprint density at radius 2 is 2.22 bits per heavy atom. The second-order valence-corrected chi connectivity index (χ2v) is 6.34. The summed E-state index contributed by atoms with van der Waals surface area (Å²) in [5, 5.41) is 8.08. The molecule has 1 unspecified atom stereocenters. The van der Waals surface area contributed by atoms with Crippen molar-refractivity contribution in [2.24, 2.45) is 0 Å². The summed E-state index contributed by atoms with van der Waals surface area (Å²) in [6.45, 7) is 2.16. The molecule has 1 aliphatic carbocycles. The maximum Gasteiger partial charge on any atom is 0.226 e. The fourth-order valence-electron chi connectivity index (χ4n) is 2.18. The molecule has 1 N–H and O–H groups in total. The van der Waals surface area contributed by atoms with E-state index >= 15 is 0 Å². The summed E-state index contributed by atoms with van der Waals surface area (Å²) in [6, 6.07) is 0.494. The molecule has 18 heavy (non-hydrogen) atoms. The molecule has 1 fully saturated rings. The fraction of sp³-hybridized carbons (Fsp3) is 0.846. The van der Waals surface area contributed by atoms with E-state index in [1.54, 1.807) is 0 Å². The highest BCUT2D eigenvalue weighted by molar-refractivity contribution is 7.99. The SMILES string of the molecule is CNC(C)CCc1nc(CSC2CCCC2)no1. The summed E-state index contributed by atoms with van der Waals surface area (Å²) in [5.41, 5.74) is 0. The first-order valence-corrected chi connectivity index (χ1v) is 7.93. The highest BCUT2D eigenvalue weighted by Crippen LogP contribution is 2.30.